The Morgan fingerprint density at radius 1 is 1.10 bits per heavy atom. The Labute approximate surface area is 120 Å². The number of hydrogen-bond acceptors (Lipinski definition) is 3. The highest BCUT2D eigenvalue weighted by Gasteiger charge is 2.24. The van der Waals surface area contributed by atoms with Gasteiger partial charge >= 0.3 is 0 Å². The second-order valence-electron chi connectivity index (χ2n) is 5.23. The molecule has 0 saturated carbocycles. The smallest absolute Gasteiger partial charge is 0.130 e. The fraction of sp³-hybridized carbons (Fsp3) is 0.600. The van der Waals surface area contributed by atoms with Crippen molar-refractivity contribution in [2.24, 2.45) is 5.73 Å². The molecule has 2 N–H and O–H groups in total. The lowest BCUT2D eigenvalue weighted by molar-refractivity contribution is 0.176. The van der Waals surface area contributed by atoms with Gasteiger partial charge in [-0.05, 0) is 39.2 Å². The molecule has 0 amide bonds. The average molecular weight is 285 g/mol. The fourth-order valence-electron chi connectivity index (χ4n) is 2.32. The Hall–Kier alpha value is -1.04. The SMILES string of the molecule is CCCN(CCN(C)C)C(CN)c1c(F)cccc1F. The fourth-order valence-corrected chi connectivity index (χ4v) is 2.32. The zero-order chi connectivity index (χ0) is 15.1. The van der Waals surface area contributed by atoms with Crippen molar-refractivity contribution < 1.29 is 8.78 Å². The van der Waals surface area contributed by atoms with Crippen LogP contribution in [0.2, 0.25) is 0 Å². The van der Waals surface area contributed by atoms with Gasteiger partial charge in [-0.2, -0.15) is 0 Å². The summed E-state index contributed by atoms with van der Waals surface area (Å²) in [6.07, 6.45) is 0.917. The molecule has 1 unspecified atom stereocenters. The van der Waals surface area contributed by atoms with E-state index in [9.17, 15) is 8.78 Å². The number of rotatable bonds is 8. The molecule has 0 fully saturated rings. The van der Waals surface area contributed by atoms with Crippen LogP contribution in [-0.4, -0.2) is 50.1 Å². The second kappa shape index (κ2) is 8.29. The molecule has 0 spiro atoms. The number of likely N-dealkylation sites (N-methyl/N-ethyl adjacent to an activating group) is 1. The Morgan fingerprint density at radius 3 is 2.15 bits per heavy atom. The van der Waals surface area contributed by atoms with E-state index < -0.39 is 17.7 Å². The normalized spacial score (nSPS) is 13.2. The van der Waals surface area contributed by atoms with Gasteiger partial charge < -0.3 is 10.6 Å². The van der Waals surface area contributed by atoms with Gasteiger partial charge in [0.25, 0.3) is 0 Å². The van der Waals surface area contributed by atoms with Crippen LogP contribution in [-0.2, 0) is 0 Å². The molecule has 0 saturated heterocycles. The molecular formula is C15H25F2N3. The number of benzene rings is 1. The third-order valence-electron chi connectivity index (χ3n) is 3.34. The molecule has 1 aromatic carbocycles. The monoisotopic (exact) mass is 285 g/mol. The lowest BCUT2D eigenvalue weighted by atomic mass is 10.0. The number of nitrogens with two attached hydrogens (primary N) is 1. The van der Waals surface area contributed by atoms with E-state index in [0.717, 1.165) is 26.1 Å². The van der Waals surface area contributed by atoms with Crippen molar-refractivity contribution in [2.75, 3.05) is 40.3 Å². The van der Waals surface area contributed by atoms with Gasteiger partial charge in [0, 0.05) is 25.2 Å². The molecule has 1 aromatic rings. The zero-order valence-corrected chi connectivity index (χ0v) is 12.6. The van der Waals surface area contributed by atoms with Crippen LogP contribution in [0.1, 0.15) is 24.9 Å². The first kappa shape index (κ1) is 17.0. The molecule has 1 atom stereocenters. The molecule has 3 nitrogen and oxygen atoms in total. The van der Waals surface area contributed by atoms with Crippen molar-refractivity contribution in [1.82, 2.24) is 9.80 Å². The molecule has 0 radical (unpaired) electrons. The molecule has 5 heteroatoms. The van der Waals surface area contributed by atoms with E-state index in [0.29, 0.717) is 0 Å². The van der Waals surface area contributed by atoms with E-state index in [1.807, 2.05) is 25.9 Å². The zero-order valence-electron chi connectivity index (χ0n) is 12.6. The van der Waals surface area contributed by atoms with Crippen molar-refractivity contribution in [1.29, 1.82) is 0 Å². The van der Waals surface area contributed by atoms with Gasteiger partial charge in [-0.3, -0.25) is 4.90 Å². The summed E-state index contributed by atoms with van der Waals surface area (Å²) in [7, 11) is 3.95. The first-order valence-electron chi connectivity index (χ1n) is 7.04. The largest absolute Gasteiger partial charge is 0.329 e. The summed E-state index contributed by atoms with van der Waals surface area (Å²) in [6, 6.07) is 3.54. The predicted molar refractivity (Wildman–Crippen MR) is 78.6 cm³/mol. The summed E-state index contributed by atoms with van der Waals surface area (Å²) in [6.45, 7) is 4.58. The van der Waals surface area contributed by atoms with Gasteiger partial charge in [0.05, 0.1) is 6.04 Å². The van der Waals surface area contributed by atoms with Crippen LogP contribution in [0.5, 0.6) is 0 Å². The van der Waals surface area contributed by atoms with E-state index in [1.165, 1.54) is 18.2 Å². The van der Waals surface area contributed by atoms with E-state index in [-0.39, 0.29) is 12.1 Å². The van der Waals surface area contributed by atoms with Crippen molar-refractivity contribution in [3.05, 3.63) is 35.4 Å². The summed E-state index contributed by atoms with van der Waals surface area (Å²) in [4.78, 5) is 4.11. The number of halogens is 2. The highest BCUT2D eigenvalue weighted by atomic mass is 19.1. The summed E-state index contributed by atoms with van der Waals surface area (Å²) < 4.78 is 27.9. The maximum Gasteiger partial charge on any atom is 0.130 e. The van der Waals surface area contributed by atoms with Crippen molar-refractivity contribution in [3.8, 4) is 0 Å². The second-order valence-corrected chi connectivity index (χ2v) is 5.23. The predicted octanol–water partition coefficient (Wildman–Crippen LogP) is 2.24. The van der Waals surface area contributed by atoms with Crippen LogP contribution in [0.3, 0.4) is 0 Å². The molecule has 1 rings (SSSR count). The van der Waals surface area contributed by atoms with Crippen LogP contribution in [0.4, 0.5) is 8.78 Å². The minimum Gasteiger partial charge on any atom is -0.329 e. The van der Waals surface area contributed by atoms with E-state index in [2.05, 4.69) is 4.90 Å². The van der Waals surface area contributed by atoms with Crippen molar-refractivity contribution >= 4 is 0 Å². The summed E-state index contributed by atoms with van der Waals surface area (Å²) in [5.41, 5.74) is 5.88. The van der Waals surface area contributed by atoms with Gasteiger partial charge in [0.2, 0.25) is 0 Å². The molecular weight excluding hydrogens is 260 g/mol. The van der Waals surface area contributed by atoms with Crippen LogP contribution in [0.15, 0.2) is 18.2 Å². The minimum absolute atomic E-state index is 0.0854. The van der Waals surface area contributed by atoms with E-state index in [1.54, 1.807) is 0 Å². The molecule has 0 heterocycles. The summed E-state index contributed by atoms with van der Waals surface area (Å²) in [5, 5.41) is 0. The van der Waals surface area contributed by atoms with Crippen LogP contribution in [0.25, 0.3) is 0 Å². The molecule has 0 aliphatic heterocycles. The first-order chi connectivity index (χ1) is 9.51. The van der Waals surface area contributed by atoms with Crippen LogP contribution < -0.4 is 5.73 Å². The highest BCUT2D eigenvalue weighted by molar-refractivity contribution is 5.24. The Balaban J connectivity index is 3.00. The topological polar surface area (TPSA) is 32.5 Å². The van der Waals surface area contributed by atoms with Crippen molar-refractivity contribution in [3.63, 3.8) is 0 Å². The van der Waals surface area contributed by atoms with E-state index >= 15 is 0 Å². The molecule has 0 aromatic heterocycles. The molecule has 20 heavy (non-hydrogen) atoms. The molecule has 114 valence electrons. The quantitative estimate of drug-likeness (QED) is 0.795. The van der Waals surface area contributed by atoms with Crippen LogP contribution >= 0.6 is 0 Å². The van der Waals surface area contributed by atoms with Gasteiger partial charge in [0.1, 0.15) is 11.6 Å². The third-order valence-corrected chi connectivity index (χ3v) is 3.34. The summed E-state index contributed by atoms with van der Waals surface area (Å²) in [5.74, 6) is -1.04. The molecule has 0 aliphatic carbocycles. The highest BCUT2D eigenvalue weighted by Crippen LogP contribution is 2.25. The van der Waals surface area contributed by atoms with Crippen LogP contribution in [0, 0.1) is 11.6 Å². The number of hydrogen-bond donors (Lipinski definition) is 1. The van der Waals surface area contributed by atoms with Gasteiger partial charge in [-0.15, -0.1) is 0 Å². The minimum atomic E-state index is -0.522. The Morgan fingerprint density at radius 2 is 1.70 bits per heavy atom. The maximum absolute atomic E-state index is 14.0. The van der Waals surface area contributed by atoms with Gasteiger partial charge in [-0.25, -0.2) is 8.78 Å². The van der Waals surface area contributed by atoms with E-state index in [4.69, 9.17) is 5.73 Å². The lowest BCUT2D eigenvalue weighted by Crippen LogP contribution is -2.39. The van der Waals surface area contributed by atoms with Gasteiger partial charge in [-0.1, -0.05) is 13.0 Å². The lowest BCUT2D eigenvalue weighted by Gasteiger charge is -2.32. The summed E-state index contributed by atoms with van der Waals surface area (Å²) >= 11 is 0. The third kappa shape index (κ3) is 4.51. The first-order valence-corrected chi connectivity index (χ1v) is 7.04. The maximum atomic E-state index is 14.0. The standard InChI is InChI=1S/C15H25F2N3/c1-4-8-20(10-9-19(2)3)14(11-18)15-12(16)6-5-7-13(15)17/h5-7,14H,4,8-11,18H2,1-3H3. The van der Waals surface area contributed by atoms with Crippen molar-refractivity contribution in [2.45, 2.75) is 19.4 Å². The Kier molecular flexibility index (Phi) is 7.05. The average Bonchev–Trinajstić information content (AvgIpc) is 2.39. The number of nitrogens with zero attached hydrogens (tertiary/aromatic N) is 2. The Bertz CT molecular complexity index is 390. The molecule has 0 aliphatic rings. The molecule has 0 bridgehead atoms. The van der Waals surface area contributed by atoms with Gasteiger partial charge in [0.15, 0.2) is 0 Å².